The van der Waals surface area contributed by atoms with Crippen LogP contribution >= 0.6 is 0 Å². The van der Waals surface area contributed by atoms with Gasteiger partial charge in [-0.3, -0.25) is 4.79 Å². The second-order valence-corrected chi connectivity index (χ2v) is 4.74. The highest BCUT2D eigenvalue weighted by Gasteiger charge is 2.20. The molecule has 3 nitrogen and oxygen atoms in total. The van der Waals surface area contributed by atoms with Crippen molar-refractivity contribution in [2.75, 3.05) is 11.9 Å². The average Bonchev–Trinajstić information content (AvgIpc) is 2.25. The Morgan fingerprint density at radius 2 is 2.12 bits per heavy atom. The molecule has 1 amide bonds. The molecule has 3 heteroatoms. The molecule has 0 fully saturated rings. The van der Waals surface area contributed by atoms with Gasteiger partial charge in [-0.05, 0) is 18.2 Å². The van der Waals surface area contributed by atoms with Crippen LogP contribution in [0.3, 0.4) is 0 Å². The SMILES string of the molecule is CC(C)(C)C(=O)Nc1cccc(C#CCO)c1. The van der Waals surface area contributed by atoms with Crippen molar-refractivity contribution in [2.45, 2.75) is 20.8 Å². The van der Waals surface area contributed by atoms with E-state index >= 15 is 0 Å². The number of nitrogens with one attached hydrogen (secondary N) is 1. The Balaban J connectivity index is 2.83. The smallest absolute Gasteiger partial charge is 0.229 e. The van der Waals surface area contributed by atoms with Crippen LogP contribution in [0.5, 0.6) is 0 Å². The van der Waals surface area contributed by atoms with Crippen LogP contribution in [-0.2, 0) is 4.79 Å². The van der Waals surface area contributed by atoms with Crippen LogP contribution in [0.15, 0.2) is 24.3 Å². The highest BCUT2D eigenvalue weighted by Crippen LogP contribution is 2.17. The number of carbonyl (C=O) groups excluding carboxylic acids is 1. The molecule has 1 aromatic rings. The molecule has 0 bridgehead atoms. The maximum atomic E-state index is 11.8. The molecule has 0 aliphatic rings. The average molecular weight is 231 g/mol. The third-order valence-corrected chi connectivity index (χ3v) is 2.11. The lowest BCUT2D eigenvalue weighted by atomic mass is 9.95. The van der Waals surface area contributed by atoms with Gasteiger partial charge in [-0.1, -0.05) is 38.7 Å². The van der Waals surface area contributed by atoms with E-state index in [0.29, 0.717) is 0 Å². The summed E-state index contributed by atoms with van der Waals surface area (Å²) >= 11 is 0. The van der Waals surface area contributed by atoms with E-state index in [1.807, 2.05) is 39.0 Å². The minimum absolute atomic E-state index is 0.0373. The maximum Gasteiger partial charge on any atom is 0.229 e. The summed E-state index contributed by atoms with van der Waals surface area (Å²) in [6.45, 7) is 5.41. The Morgan fingerprint density at radius 3 is 2.71 bits per heavy atom. The first-order valence-corrected chi connectivity index (χ1v) is 5.45. The van der Waals surface area contributed by atoms with Gasteiger partial charge >= 0.3 is 0 Å². The van der Waals surface area contributed by atoms with Gasteiger partial charge in [-0.2, -0.15) is 0 Å². The number of aliphatic hydroxyl groups is 1. The molecule has 0 saturated heterocycles. The third kappa shape index (κ3) is 4.29. The summed E-state index contributed by atoms with van der Waals surface area (Å²) in [5, 5.41) is 11.4. The second-order valence-electron chi connectivity index (χ2n) is 4.74. The normalized spacial score (nSPS) is 10.4. The van der Waals surface area contributed by atoms with Gasteiger partial charge in [0, 0.05) is 16.7 Å². The van der Waals surface area contributed by atoms with E-state index in [1.54, 1.807) is 6.07 Å². The zero-order valence-corrected chi connectivity index (χ0v) is 10.4. The fraction of sp³-hybridized carbons (Fsp3) is 0.357. The Morgan fingerprint density at radius 1 is 1.41 bits per heavy atom. The quantitative estimate of drug-likeness (QED) is 0.726. The number of benzene rings is 1. The van der Waals surface area contributed by atoms with Crippen LogP contribution < -0.4 is 5.32 Å². The highest BCUT2D eigenvalue weighted by molar-refractivity contribution is 5.94. The summed E-state index contributed by atoms with van der Waals surface area (Å²) in [5.74, 6) is 5.33. The summed E-state index contributed by atoms with van der Waals surface area (Å²) < 4.78 is 0. The summed E-state index contributed by atoms with van der Waals surface area (Å²) in [5.41, 5.74) is 1.06. The first kappa shape index (κ1) is 13.3. The van der Waals surface area contributed by atoms with Crippen molar-refractivity contribution >= 4 is 11.6 Å². The molecule has 0 heterocycles. The lowest BCUT2D eigenvalue weighted by molar-refractivity contribution is -0.123. The van der Waals surface area contributed by atoms with Crippen molar-refractivity contribution in [1.29, 1.82) is 0 Å². The summed E-state index contributed by atoms with van der Waals surface area (Å²) in [7, 11) is 0. The van der Waals surface area contributed by atoms with Crippen LogP contribution in [0.2, 0.25) is 0 Å². The number of aliphatic hydroxyl groups excluding tert-OH is 1. The van der Waals surface area contributed by atoms with Gasteiger partial charge in [0.1, 0.15) is 6.61 Å². The van der Waals surface area contributed by atoms with Gasteiger partial charge in [-0.25, -0.2) is 0 Å². The maximum absolute atomic E-state index is 11.8. The summed E-state index contributed by atoms with van der Waals surface area (Å²) in [6, 6.07) is 7.25. The number of rotatable bonds is 1. The van der Waals surface area contributed by atoms with Gasteiger partial charge in [0.2, 0.25) is 5.91 Å². The zero-order valence-electron chi connectivity index (χ0n) is 10.4. The van der Waals surface area contributed by atoms with Crippen molar-refractivity contribution in [3.05, 3.63) is 29.8 Å². The van der Waals surface area contributed by atoms with Gasteiger partial charge in [0.25, 0.3) is 0 Å². The van der Waals surface area contributed by atoms with Crippen molar-refractivity contribution < 1.29 is 9.90 Å². The minimum Gasteiger partial charge on any atom is -0.384 e. The molecular formula is C14H17NO2. The molecule has 0 aromatic heterocycles. The van der Waals surface area contributed by atoms with Crippen LogP contribution in [-0.4, -0.2) is 17.6 Å². The van der Waals surface area contributed by atoms with Crippen molar-refractivity contribution in [1.82, 2.24) is 0 Å². The minimum atomic E-state index is -0.424. The number of amides is 1. The van der Waals surface area contributed by atoms with Crippen LogP contribution in [0, 0.1) is 17.3 Å². The van der Waals surface area contributed by atoms with Gasteiger partial charge in [-0.15, -0.1) is 0 Å². The first-order chi connectivity index (χ1) is 7.93. The Labute approximate surface area is 102 Å². The molecule has 0 atom stereocenters. The first-order valence-electron chi connectivity index (χ1n) is 5.45. The van der Waals surface area contributed by atoms with Gasteiger partial charge in [0.05, 0.1) is 0 Å². The monoisotopic (exact) mass is 231 g/mol. The lowest BCUT2D eigenvalue weighted by Gasteiger charge is -2.17. The lowest BCUT2D eigenvalue weighted by Crippen LogP contribution is -2.27. The fourth-order valence-corrected chi connectivity index (χ4v) is 1.13. The second kappa shape index (κ2) is 5.51. The number of carbonyl (C=O) groups is 1. The van der Waals surface area contributed by atoms with E-state index in [1.165, 1.54) is 0 Å². The molecule has 0 radical (unpaired) electrons. The van der Waals surface area contributed by atoms with Gasteiger partial charge < -0.3 is 10.4 Å². The van der Waals surface area contributed by atoms with Crippen molar-refractivity contribution in [3.8, 4) is 11.8 Å². The van der Waals surface area contributed by atoms with E-state index in [2.05, 4.69) is 17.2 Å². The van der Waals surface area contributed by atoms with E-state index in [-0.39, 0.29) is 12.5 Å². The molecule has 0 unspecified atom stereocenters. The molecule has 1 rings (SSSR count). The third-order valence-electron chi connectivity index (χ3n) is 2.11. The topological polar surface area (TPSA) is 49.3 Å². The molecule has 0 spiro atoms. The molecule has 1 aromatic carbocycles. The molecule has 2 N–H and O–H groups in total. The largest absolute Gasteiger partial charge is 0.384 e. The van der Waals surface area contributed by atoms with E-state index in [0.717, 1.165) is 11.3 Å². The molecule has 17 heavy (non-hydrogen) atoms. The highest BCUT2D eigenvalue weighted by atomic mass is 16.2. The standard InChI is InChI=1S/C14H17NO2/c1-14(2,3)13(17)15-12-8-4-6-11(10-12)7-5-9-16/h4,6,8,10,16H,9H2,1-3H3,(H,15,17). The zero-order chi connectivity index (χ0) is 12.9. The van der Waals surface area contributed by atoms with Crippen molar-refractivity contribution in [2.24, 2.45) is 5.41 Å². The Kier molecular flexibility index (Phi) is 4.30. The number of hydrogen-bond donors (Lipinski definition) is 2. The van der Waals surface area contributed by atoms with Crippen LogP contribution in [0.25, 0.3) is 0 Å². The summed E-state index contributed by atoms with van der Waals surface area (Å²) in [6.07, 6.45) is 0. The Hall–Kier alpha value is -1.79. The predicted molar refractivity (Wildman–Crippen MR) is 68.5 cm³/mol. The summed E-state index contributed by atoms with van der Waals surface area (Å²) in [4.78, 5) is 11.8. The number of hydrogen-bond acceptors (Lipinski definition) is 2. The molecular weight excluding hydrogens is 214 g/mol. The molecule has 0 aliphatic heterocycles. The van der Waals surface area contributed by atoms with Crippen LogP contribution in [0.1, 0.15) is 26.3 Å². The van der Waals surface area contributed by atoms with Gasteiger partial charge in [0.15, 0.2) is 0 Å². The van der Waals surface area contributed by atoms with E-state index in [9.17, 15) is 4.79 Å². The van der Waals surface area contributed by atoms with E-state index < -0.39 is 5.41 Å². The van der Waals surface area contributed by atoms with Crippen molar-refractivity contribution in [3.63, 3.8) is 0 Å². The van der Waals surface area contributed by atoms with Crippen LogP contribution in [0.4, 0.5) is 5.69 Å². The fourth-order valence-electron chi connectivity index (χ4n) is 1.13. The molecule has 90 valence electrons. The number of anilines is 1. The molecule has 0 aliphatic carbocycles. The Bertz CT molecular complexity index is 461. The molecule has 0 saturated carbocycles. The van der Waals surface area contributed by atoms with E-state index in [4.69, 9.17) is 5.11 Å². The predicted octanol–water partition coefficient (Wildman–Crippen LogP) is 2.01.